The second-order valence-corrected chi connectivity index (χ2v) is 4.59. The lowest BCUT2D eigenvalue weighted by molar-refractivity contribution is 0.0696. The zero-order chi connectivity index (χ0) is 13.8. The van der Waals surface area contributed by atoms with Crippen molar-refractivity contribution in [1.29, 1.82) is 0 Å². The molecule has 0 radical (unpaired) electrons. The SMILES string of the molecule is CCn1ncnc1COc1ccc(C(=O)O)cc1Br. The Hall–Kier alpha value is -1.89. The lowest BCUT2D eigenvalue weighted by Gasteiger charge is -2.08. The van der Waals surface area contributed by atoms with Gasteiger partial charge in [0.25, 0.3) is 0 Å². The van der Waals surface area contributed by atoms with Crippen LogP contribution in [0.5, 0.6) is 5.75 Å². The van der Waals surface area contributed by atoms with Crippen LogP contribution >= 0.6 is 15.9 Å². The molecule has 1 heterocycles. The standard InChI is InChI=1S/C12H12BrN3O3/c1-2-16-11(14-7-15-16)6-19-10-4-3-8(12(17)18)5-9(10)13/h3-5,7H,2,6H2,1H3,(H,17,18). The monoisotopic (exact) mass is 325 g/mol. The van der Waals surface area contributed by atoms with E-state index in [9.17, 15) is 4.79 Å². The van der Waals surface area contributed by atoms with Crippen molar-refractivity contribution in [2.24, 2.45) is 0 Å². The van der Waals surface area contributed by atoms with E-state index in [1.54, 1.807) is 10.7 Å². The van der Waals surface area contributed by atoms with Crippen LogP contribution in [-0.2, 0) is 13.2 Å². The molecule has 0 aliphatic carbocycles. The summed E-state index contributed by atoms with van der Waals surface area (Å²) in [6.45, 7) is 2.96. The molecular weight excluding hydrogens is 314 g/mol. The summed E-state index contributed by atoms with van der Waals surface area (Å²) in [4.78, 5) is 14.9. The minimum Gasteiger partial charge on any atom is -0.484 e. The summed E-state index contributed by atoms with van der Waals surface area (Å²) in [6.07, 6.45) is 1.48. The van der Waals surface area contributed by atoms with Crippen LogP contribution in [0, 0.1) is 0 Å². The van der Waals surface area contributed by atoms with Gasteiger partial charge in [-0.15, -0.1) is 0 Å². The summed E-state index contributed by atoms with van der Waals surface area (Å²) in [5.41, 5.74) is 0.205. The molecule has 0 amide bonds. The Bertz CT molecular complexity index is 598. The van der Waals surface area contributed by atoms with Gasteiger partial charge < -0.3 is 9.84 Å². The third-order valence-electron chi connectivity index (χ3n) is 2.53. The summed E-state index contributed by atoms with van der Waals surface area (Å²) in [6, 6.07) is 4.61. The van der Waals surface area contributed by atoms with Gasteiger partial charge in [0.2, 0.25) is 0 Å². The zero-order valence-corrected chi connectivity index (χ0v) is 11.8. The van der Waals surface area contributed by atoms with E-state index in [0.29, 0.717) is 10.2 Å². The van der Waals surface area contributed by atoms with Gasteiger partial charge in [-0.25, -0.2) is 14.5 Å². The van der Waals surface area contributed by atoms with E-state index in [2.05, 4.69) is 26.0 Å². The fourth-order valence-corrected chi connectivity index (χ4v) is 2.05. The number of carbonyl (C=O) groups is 1. The molecule has 1 aromatic carbocycles. The Morgan fingerprint density at radius 1 is 1.53 bits per heavy atom. The van der Waals surface area contributed by atoms with E-state index in [-0.39, 0.29) is 12.2 Å². The maximum Gasteiger partial charge on any atom is 0.335 e. The highest BCUT2D eigenvalue weighted by atomic mass is 79.9. The average molecular weight is 326 g/mol. The average Bonchev–Trinajstić information content (AvgIpc) is 2.84. The largest absolute Gasteiger partial charge is 0.484 e. The Kier molecular flexibility index (Phi) is 4.16. The number of aromatic carboxylic acids is 1. The molecule has 0 saturated carbocycles. The third-order valence-corrected chi connectivity index (χ3v) is 3.15. The molecule has 2 aromatic rings. The fourth-order valence-electron chi connectivity index (χ4n) is 1.56. The van der Waals surface area contributed by atoms with Crippen LogP contribution in [0.3, 0.4) is 0 Å². The Balaban J connectivity index is 2.10. The topological polar surface area (TPSA) is 77.2 Å². The normalized spacial score (nSPS) is 10.4. The van der Waals surface area contributed by atoms with Gasteiger partial charge in [0.15, 0.2) is 5.82 Å². The van der Waals surface area contributed by atoms with Crippen molar-refractivity contribution in [2.75, 3.05) is 0 Å². The number of benzene rings is 1. The molecule has 0 spiro atoms. The van der Waals surface area contributed by atoms with E-state index in [1.807, 2.05) is 6.92 Å². The summed E-state index contributed by atoms with van der Waals surface area (Å²) in [7, 11) is 0. The van der Waals surface area contributed by atoms with Gasteiger partial charge in [-0.05, 0) is 41.1 Å². The Morgan fingerprint density at radius 3 is 2.95 bits per heavy atom. The van der Waals surface area contributed by atoms with E-state index in [4.69, 9.17) is 9.84 Å². The van der Waals surface area contributed by atoms with Crippen LogP contribution < -0.4 is 4.74 Å². The van der Waals surface area contributed by atoms with E-state index < -0.39 is 5.97 Å². The van der Waals surface area contributed by atoms with Crippen LogP contribution in [0.15, 0.2) is 29.0 Å². The Labute approximate surface area is 118 Å². The highest BCUT2D eigenvalue weighted by molar-refractivity contribution is 9.10. The smallest absolute Gasteiger partial charge is 0.335 e. The van der Waals surface area contributed by atoms with Crippen molar-refractivity contribution in [3.05, 3.63) is 40.4 Å². The van der Waals surface area contributed by atoms with Crippen molar-refractivity contribution >= 4 is 21.9 Å². The van der Waals surface area contributed by atoms with Crippen molar-refractivity contribution in [3.8, 4) is 5.75 Å². The highest BCUT2D eigenvalue weighted by Crippen LogP contribution is 2.26. The number of nitrogens with zero attached hydrogens (tertiary/aromatic N) is 3. The minimum absolute atomic E-state index is 0.205. The zero-order valence-electron chi connectivity index (χ0n) is 10.2. The number of aromatic nitrogens is 3. The quantitative estimate of drug-likeness (QED) is 0.912. The molecule has 0 bridgehead atoms. The van der Waals surface area contributed by atoms with Crippen LogP contribution in [0.2, 0.25) is 0 Å². The number of rotatable bonds is 5. The molecule has 0 aliphatic heterocycles. The first-order chi connectivity index (χ1) is 9.11. The van der Waals surface area contributed by atoms with Crippen LogP contribution in [0.1, 0.15) is 23.1 Å². The van der Waals surface area contributed by atoms with Crippen molar-refractivity contribution < 1.29 is 14.6 Å². The first kappa shape index (κ1) is 13.5. The fraction of sp³-hybridized carbons (Fsp3) is 0.250. The van der Waals surface area contributed by atoms with Gasteiger partial charge in [0, 0.05) is 6.54 Å². The number of hydrogen-bond acceptors (Lipinski definition) is 4. The number of aryl methyl sites for hydroxylation is 1. The van der Waals surface area contributed by atoms with Crippen LogP contribution in [0.25, 0.3) is 0 Å². The Morgan fingerprint density at radius 2 is 2.32 bits per heavy atom. The second-order valence-electron chi connectivity index (χ2n) is 3.73. The van der Waals surface area contributed by atoms with E-state index >= 15 is 0 Å². The maximum atomic E-state index is 10.8. The lowest BCUT2D eigenvalue weighted by Crippen LogP contribution is -2.07. The number of carboxylic acid groups (broad SMARTS) is 1. The van der Waals surface area contributed by atoms with Crippen LogP contribution in [0.4, 0.5) is 0 Å². The first-order valence-corrected chi connectivity index (χ1v) is 6.43. The molecule has 1 N–H and O–H groups in total. The minimum atomic E-state index is -0.974. The van der Waals surface area contributed by atoms with Gasteiger partial charge in [-0.3, -0.25) is 0 Å². The van der Waals surface area contributed by atoms with Crippen molar-refractivity contribution in [1.82, 2.24) is 14.8 Å². The number of ether oxygens (including phenoxy) is 1. The predicted molar refractivity (Wildman–Crippen MR) is 71.1 cm³/mol. The molecule has 0 saturated heterocycles. The molecule has 0 fully saturated rings. The van der Waals surface area contributed by atoms with Crippen molar-refractivity contribution in [2.45, 2.75) is 20.1 Å². The lowest BCUT2D eigenvalue weighted by atomic mass is 10.2. The predicted octanol–water partition coefficient (Wildman–Crippen LogP) is 2.34. The molecule has 2 rings (SSSR count). The van der Waals surface area contributed by atoms with Gasteiger partial charge in [0.1, 0.15) is 18.7 Å². The molecule has 0 aliphatic rings. The molecule has 100 valence electrons. The van der Waals surface area contributed by atoms with Gasteiger partial charge in [-0.1, -0.05) is 0 Å². The van der Waals surface area contributed by atoms with Crippen molar-refractivity contribution in [3.63, 3.8) is 0 Å². The molecule has 19 heavy (non-hydrogen) atoms. The summed E-state index contributed by atoms with van der Waals surface area (Å²) >= 11 is 3.28. The maximum absolute atomic E-state index is 10.8. The molecule has 0 unspecified atom stereocenters. The van der Waals surface area contributed by atoms with Gasteiger partial charge in [0.05, 0.1) is 10.0 Å². The molecular formula is C12H12BrN3O3. The summed E-state index contributed by atoms with van der Waals surface area (Å²) in [5.74, 6) is 0.311. The highest BCUT2D eigenvalue weighted by Gasteiger charge is 2.09. The number of halogens is 1. The number of carboxylic acids is 1. The van der Waals surface area contributed by atoms with Gasteiger partial charge in [-0.2, -0.15) is 5.10 Å². The molecule has 6 nitrogen and oxygen atoms in total. The summed E-state index contributed by atoms with van der Waals surface area (Å²) < 4.78 is 7.92. The molecule has 7 heteroatoms. The van der Waals surface area contributed by atoms with E-state index in [0.717, 1.165) is 12.4 Å². The molecule has 0 atom stereocenters. The second kappa shape index (κ2) is 5.83. The van der Waals surface area contributed by atoms with Gasteiger partial charge >= 0.3 is 5.97 Å². The van der Waals surface area contributed by atoms with E-state index in [1.165, 1.54) is 18.5 Å². The molecule has 1 aromatic heterocycles. The first-order valence-electron chi connectivity index (χ1n) is 5.64. The summed E-state index contributed by atoms with van der Waals surface area (Å²) in [5, 5.41) is 12.9. The number of hydrogen-bond donors (Lipinski definition) is 1. The third kappa shape index (κ3) is 3.11. The van der Waals surface area contributed by atoms with Crippen LogP contribution in [-0.4, -0.2) is 25.8 Å².